The second-order valence-corrected chi connectivity index (χ2v) is 5.69. The van der Waals surface area contributed by atoms with Crippen LogP contribution < -0.4 is 0 Å². The monoisotopic (exact) mass is 372 g/mol. The Kier molecular flexibility index (Phi) is 5.60. The minimum atomic E-state index is -1.39. The second kappa shape index (κ2) is 7.69. The molecule has 0 fully saturated rings. The number of benzene rings is 2. The molecule has 1 unspecified atom stereocenters. The van der Waals surface area contributed by atoms with Crippen LogP contribution in [0.5, 0.6) is 0 Å². The van der Waals surface area contributed by atoms with E-state index in [0.717, 1.165) is 0 Å². The first-order valence-electron chi connectivity index (χ1n) is 7.72. The summed E-state index contributed by atoms with van der Waals surface area (Å²) in [6, 6.07) is 6.48. The zero-order valence-electron chi connectivity index (χ0n) is 14.5. The van der Waals surface area contributed by atoms with E-state index >= 15 is 0 Å². The minimum Gasteiger partial charge on any atom is -0.478 e. The van der Waals surface area contributed by atoms with Crippen LogP contribution in [0.2, 0.25) is 0 Å². The number of esters is 2. The summed E-state index contributed by atoms with van der Waals surface area (Å²) in [7, 11) is 0. The molecule has 0 saturated heterocycles. The van der Waals surface area contributed by atoms with Gasteiger partial charge in [0.15, 0.2) is 0 Å². The first kappa shape index (κ1) is 19.6. The SMILES string of the molecule is C=C(C)C(=O)OC(C)OC(=O)c1ccc2cc(C(=O)O)ccc2c1C(=O)O. The lowest BCUT2D eigenvalue weighted by atomic mass is 9.97. The number of hydrogen-bond donors (Lipinski definition) is 2. The molecule has 140 valence electrons. The number of carboxylic acid groups (broad SMARTS) is 2. The molecule has 0 spiro atoms. The Balaban J connectivity index is 2.41. The lowest BCUT2D eigenvalue weighted by Crippen LogP contribution is -2.23. The van der Waals surface area contributed by atoms with Crippen LogP contribution in [-0.4, -0.2) is 40.4 Å². The molecular formula is C19H16O8. The van der Waals surface area contributed by atoms with E-state index in [2.05, 4.69) is 6.58 Å². The average molecular weight is 372 g/mol. The molecular weight excluding hydrogens is 356 g/mol. The zero-order chi connectivity index (χ0) is 20.3. The summed E-state index contributed by atoms with van der Waals surface area (Å²) in [5.41, 5.74) is -0.497. The number of hydrogen-bond acceptors (Lipinski definition) is 6. The number of carbonyl (C=O) groups is 4. The maximum Gasteiger partial charge on any atom is 0.342 e. The molecule has 0 radical (unpaired) electrons. The molecule has 2 aromatic carbocycles. The van der Waals surface area contributed by atoms with Gasteiger partial charge in [0.2, 0.25) is 6.29 Å². The third-order valence-corrected chi connectivity index (χ3v) is 3.59. The van der Waals surface area contributed by atoms with E-state index in [-0.39, 0.29) is 27.6 Å². The summed E-state index contributed by atoms with van der Waals surface area (Å²) in [5.74, 6) is -4.31. The average Bonchev–Trinajstić information content (AvgIpc) is 2.59. The predicted octanol–water partition coefficient (Wildman–Crippen LogP) is 2.86. The van der Waals surface area contributed by atoms with Gasteiger partial charge in [0, 0.05) is 12.5 Å². The number of carboxylic acids is 2. The maximum atomic E-state index is 12.4. The Morgan fingerprint density at radius 3 is 2.22 bits per heavy atom. The molecule has 8 heteroatoms. The molecule has 2 N–H and O–H groups in total. The summed E-state index contributed by atoms with van der Waals surface area (Å²) in [6.07, 6.45) is -1.26. The number of rotatable bonds is 6. The predicted molar refractivity (Wildman–Crippen MR) is 93.7 cm³/mol. The first-order chi connectivity index (χ1) is 12.6. The smallest absolute Gasteiger partial charge is 0.342 e. The Morgan fingerprint density at radius 2 is 1.67 bits per heavy atom. The van der Waals surface area contributed by atoms with Gasteiger partial charge in [0.05, 0.1) is 16.7 Å². The number of aromatic carboxylic acids is 2. The molecule has 0 aliphatic heterocycles. The number of carbonyl (C=O) groups excluding carboxylic acids is 2. The van der Waals surface area contributed by atoms with E-state index in [4.69, 9.17) is 14.6 Å². The summed E-state index contributed by atoms with van der Waals surface area (Å²) in [6.45, 7) is 6.13. The van der Waals surface area contributed by atoms with Gasteiger partial charge in [-0.25, -0.2) is 19.2 Å². The van der Waals surface area contributed by atoms with Crippen LogP contribution >= 0.6 is 0 Å². The van der Waals surface area contributed by atoms with Crippen LogP contribution in [0.25, 0.3) is 10.8 Å². The molecule has 1 atom stereocenters. The van der Waals surface area contributed by atoms with E-state index in [0.29, 0.717) is 5.39 Å². The summed E-state index contributed by atoms with van der Waals surface area (Å²) in [4.78, 5) is 46.6. The van der Waals surface area contributed by atoms with Crippen molar-refractivity contribution in [2.45, 2.75) is 20.1 Å². The standard InChI is InChI=1S/C19H16O8/c1-9(2)18(24)26-10(3)27-19(25)14-7-4-11-8-12(16(20)21)5-6-13(11)15(14)17(22)23/h4-8,10H,1H2,2-3H3,(H,20,21)(H,22,23). The lowest BCUT2D eigenvalue weighted by Gasteiger charge is -2.15. The lowest BCUT2D eigenvalue weighted by molar-refractivity contribution is -0.160. The van der Waals surface area contributed by atoms with Crippen LogP contribution in [-0.2, 0) is 14.3 Å². The van der Waals surface area contributed by atoms with Crippen molar-refractivity contribution in [1.82, 2.24) is 0 Å². The molecule has 8 nitrogen and oxygen atoms in total. The third-order valence-electron chi connectivity index (χ3n) is 3.59. The minimum absolute atomic E-state index is 0.0190. The Bertz CT molecular complexity index is 973. The molecule has 2 aromatic rings. The van der Waals surface area contributed by atoms with Gasteiger partial charge in [0.1, 0.15) is 0 Å². The van der Waals surface area contributed by atoms with Crippen molar-refractivity contribution in [3.05, 3.63) is 59.2 Å². The zero-order valence-corrected chi connectivity index (χ0v) is 14.5. The van der Waals surface area contributed by atoms with Gasteiger partial charge in [-0.2, -0.15) is 0 Å². The van der Waals surface area contributed by atoms with Crippen LogP contribution in [0.4, 0.5) is 0 Å². The van der Waals surface area contributed by atoms with Crippen molar-refractivity contribution in [2.75, 3.05) is 0 Å². The van der Waals surface area contributed by atoms with E-state index in [1.807, 2.05) is 0 Å². The van der Waals surface area contributed by atoms with E-state index in [9.17, 15) is 24.3 Å². The largest absolute Gasteiger partial charge is 0.478 e. The molecule has 0 saturated carbocycles. The Morgan fingerprint density at radius 1 is 1.00 bits per heavy atom. The van der Waals surface area contributed by atoms with Gasteiger partial charge in [-0.05, 0) is 35.9 Å². The van der Waals surface area contributed by atoms with Gasteiger partial charge in [-0.3, -0.25) is 0 Å². The number of fused-ring (bicyclic) bond motifs is 1. The van der Waals surface area contributed by atoms with Crippen LogP contribution in [0.15, 0.2) is 42.5 Å². The van der Waals surface area contributed by atoms with Crippen molar-refractivity contribution in [3.63, 3.8) is 0 Å². The molecule has 0 heterocycles. The molecule has 0 aliphatic carbocycles. The maximum absolute atomic E-state index is 12.4. The van der Waals surface area contributed by atoms with Crippen molar-refractivity contribution >= 4 is 34.6 Å². The molecule has 27 heavy (non-hydrogen) atoms. The van der Waals surface area contributed by atoms with Gasteiger partial charge in [-0.15, -0.1) is 0 Å². The van der Waals surface area contributed by atoms with Crippen molar-refractivity contribution in [1.29, 1.82) is 0 Å². The summed E-state index contributed by atoms with van der Waals surface area (Å²) in [5, 5.41) is 19.1. The van der Waals surface area contributed by atoms with Gasteiger partial charge in [-0.1, -0.05) is 18.7 Å². The summed E-state index contributed by atoms with van der Waals surface area (Å²) < 4.78 is 9.82. The van der Waals surface area contributed by atoms with Crippen LogP contribution in [0, 0.1) is 0 Å². The molecule has 0 amide bonds. The normalized spacial score (nSPS) is 11.5. The van der Waals surface area contributed by atoms with Gasteiger partial charge in [0.25, 0.3) is 0 Å². The highest BCUT2D eigenvalue weighted by atomic mass is 16.7. The highest BCUT2D eigenvalue weighted by molar-refractivity contribution is 6.12. The van der Waals surface area contributed by atoms with Crippen LogP contribution in [0.1, 0.15) is 44.9 Å². The fourth-order valence-electron chi connectivity index (χ4n) is 2.35. The topological polar surface area (TPSA) is 127 Å². The van der Waals surface area contributed by atoms with E-state index in [1.165, 1.54) is 44.2 Å². The summed E-state index contributed by atoms with van der Waals surface area (Å²) >= 11 is 0. The van der Waals surface area contributed by atoms with Crippen molar-refractivity contribution < 1.29 is 38.9 Å². The molecule has 2 rings (SSSR count). The molecule has 0 aliphatic rings. The fraction of sp³-hybridized carbons (Fsp3) is 0.158. The van der Waals surface area contributed by atoms with Crippen LogP contribution in [0.3, 0.4) is 0 Å². The highest BCUT2D eigenvalue weighted by Crippen LogP contribution is 2.25. The van der Waals surface area contributed by atoms with Gasteiger partial charge >= 0.3 is 23.9 Å². The highest BCUT2D eigenvalue weighted by Gasteiger charge is 2.24. The quantitative estimate of drug-likeness (QED) is 0.450. The van der Waals surface area contributed by atoms with Crippen molar-refractivity contribution in [2.24, 2.45) is 0 Å². The number of ether oxygens (including phenoxy) is 2. The third kappa shape index (κ3) is 4.30. The van der Waals surface area contributed by atoms with E-state index in [1.54, 1.807) is 0 Å². The van der Waals surface area contributed by atoms with Crippen molar-refractivity contribution in [3.8, 4) is 0 Å². The fourth-order valence-corrected chi connectivity index (χ4v) is 2.35. The first-order valence-corrected chi connectivity index (χ1v) is 7.72. The molecule has 0 bridgehead atoms. The van der Waals surface area contributed by atoms with Gasteiger partial charge < -0.3 is 19.7 Å². The second-order valence-electron chi connectivity index (χ2n) is 5.69. The molecule has 0 aromatic heterocycles. The Hall–Kier alpha value is -3.68. The van der Waals surface area contributed by atoms with E-state index < -0.39 is 30.2 Å². The Labute approximate surface area is 153 Å².